The van der Waals surface area contributed by atoms with E-state index in [0.717, 1.165) is 18.9 Å². The van der Waals surface area contributed by atoms with E-state index < -0.39 is 20.9 Å². The molecule has 1 aliphatic heterocycles. The fourth-order valence-corrected chi connectivity index (χ4v) is 2.93. The molecule has 0 amide bonds. The molecule has 0 spiro atoms. The highest BCUT2D eigenvalue weighted by Gasteiger charge is 2.22. The summed E-state index contributed by atoms with van der Waals surface area (Å²) in [5.74, 6) is -0.600. The molecule has 0 saturated carbocycles. The first-order valence-electron chi connectivity index (χ1n) is 5.77. The molecule has 100 valence electrons. The summed E-state index contributed by atoms with van der Waals surface area (Å²) in [6.07, 6.45) is 2.88. The molecule has 0 unspecified atom stereocenters. The number of hydrogen-bond donors (Lipinski definition) is 1. The summed E-state index contributed by atoms with van der Waals surface area (Å²) < 4.78 is 44.6. The molecule has 1 fully saturated rings. The number of pyridine rings is 1. The lowest BCUT2D eigenvalue weighted by Gasteiger charge is -2.21. The van der Waals surface area contributed by atoms with Crippen LogP contribution >= 0.6 is 0 Å². The van der Waals surface area contributed by atoms with Crippen LogP contribution in [-0.4, -0.2) is 33.2 Å². The highest BCUT2D eigenvalue weighted by atomic mass is 32.2. The van der Waals surface area contributed by atoms with Crippen LogP contribution in [0, 0.1) is 11.7 Å². The number of rotatable bonds is 4. The Hall–Kier alpha value is -1.05. The zero-order valence-corrected chi connectivity index (χ0v) is 10.6. The van der Waals surface area contributed by atoms with Crippen molar-refractivity contribution in [2.24, 2.45) is 5.92 Å². The van der Waals surface area contributed by atoms with Gasteiger partial charge >= 0.3 is 0 Å². The molecule has 7 heteroatoms. The summed E-state index contributed by atoms with van der Waals surface area (Å²) in [5.41, 5.74) is 0. The highest BCUT2D eigenvalue weighted by Crippen LogP contribution is 2.15. The van der Waals surface area contributed by atoms with Crippen molar-refractivity contribution in [3.8, 4) is 0 Å². The van der Waals surface area contributed by atoms with Gasteiger partial charge < -0.3 is 4.74 Å². The van der Waals surface area contributed by atoms with Crippen molar-refractivity contribution in [1.82, 2.24) is 9.71 Å². The molecule has 1 saturated heterocycles. The summed E-state index contributed by atoms with van der Waals surface area (Å²) in [7, 11) is -3.87. The first kappa shape index (κ1) is 13.4. The number of halogens is 1. The molecule has 1 aromatic rings. The molecule has 0 atom stereocenters. The van der Waals surface area contributed by atoms with Crippen LogP contribution in [0.5, 0.6) is 0 Å². The number of ether oxygens (including phenoxy) is 1. The van der Waals surface area contributed by atoms with Crippen LogP contribution in [0.3, 0.4) is 0 Å². The van der Waals surface area contributed by atoms with E-state index in [4.69, 9.17) is 4.74 Å². The molecule has 0 radical (unpaired) electrons. The SMILES string of the molecule is O=S(=O)(NCC1CCOCC1)c1ncccc1F. The fraction of sp³-hybridized carbons (Fsp3) is 0.545. The second kappa shape index (κ2) is 5.73. The topological polar surface area (TPSA) is 68.3 Å². The van der Waals surface area contributed by atoms with Crippen LogP contribution in [-0.2, 0) is 14.8 Å². The zero-order chi connectivity index (χ0) is 13.0. The van der Waals surface area contributed by atoms with Gasteiger partial charge in [0.25, 0.3) is 10.0 Å². The van der Waals surface area contributed by atoms with E-state index in [0.29, 0.717) is 19.8 Å². The molecule has 18 heavy (non-hydrogen) atoms. The summed E-state index contributed by atoms with van der Waals surface area (Å²) in [5, 5.41) is -0.544. The fourth-order valence-electron chi connectivity index (χ4n) is 1.82. The standard InChI is InChI=1S/C11H15FN2O3S/c12-10-2-1-5-13-11(10)18(15,16)14-8-9-3-6-17-7-4-9/h1-2,5,9,14H,3-4,6-8H2. The van der Waals surface area contributed by atoms with Crippen molar-refractivity contribution in [1.29, 1.82) is 0 Å². The van der Waals surface area contributed by atoms with E-state index >= 15 is 0 Å². The van der Waals surface area contributed by atoms with Crippen molar-refractivity contribution in [2.45, 2.75) is 17.9 Å². The molecule has 2 heterocycles. The van der Waals surface area contributed by atoms with E-state index in [1.807, 2.05) is 0 Å². The average molecular weight is 274 g/mol. The lowest BCUT2D eigenvalue weighted by Crippen LogP contribution is -2.33. The van der Waals surface area contributed by atoms with Crippen LogP contribution in [0.4, 0.5) is 4.39 Å². The predicted molar refractivity (Wildman–Crippen MR) is 62.9 cm³/mol. The number of nitrogens with one attached hydrogen (secondary N) is 1. The first-order valence-corrected chi connectivity index (χ1v) is 7.26. The van der Waals surface area contributed by atoms with Gasteiger partial charge in [-0.25, -0.2) is 22.5 Å². The first-order chi connectivity index (χ1) is 8.59. The molecule has 5 nitrogen and oxygen atoms in total. The van der Waals surface area contributed by atoms with Crippen molar-refractivity contribution in [3.63, 3.8) is 0 Å². The quantitative estimate of drug-likeness (QED) is 0.886. The minimum Gasteiger partial charge on any atom is -0.381 e. The van der Waals surface area contributed by atoms with Gasteiger partial charge in [-0.15, -0.1) is 0 Å². The number of nitrogens with zero attached hydrogens (tertiary/aromatic N) is 1. The Morgan fingerprint density at radius 2 is 2.17 bits per heavy atom. The Labute approximate surface area is 105 Å². The Balaban J connectivity index is 2.01. The van der Waals surface area contributed by atoms with Gasteiger partial charge in [-0.3, -0.25) is 0 Å². The van der Waals surface area contributed by atoms with Gasteiger partial charge in [0.1, 0.15) is 0 Å². The normalized spacial score (nSPS) is 17.8. The van der Waals surface area contributed by atoms with Crippen molar-refractivity contribution in [2.75, 3.05) is 19.8 Å². The van der Waals surface area contributed by atoms with E-state index in [1.54, 1.807) is 0 Å². The third kappa shape index (κ3) is 3.24. The van der Waals surface area contributed by atoms with E-state index in [2.05, 4.69) is 9.71 Å². The van der Waals surface area contributed by atoms with Gasteiger partial charge in [0.15, 0.2) is 5.82 Å². The number of hydrogen-bond acceptors (Lipinski definition) is 4. The minimum atomic E-state index is -3.87. The minimum absolute atomic E-state index is 0.236. The maximum Gasteiger partial charge on any atom is 0.261 e. The molecule has 0 bridgehead atoms. The molecule has 0 aliphatic carbocycles. The molecular weight excluding hydrogens is 259 g/mol. The number of sulfonamides is 1. The van der Waals surface area contributed by atoms with Crippen LogP contribution in [0.15, 0.2) is 23.4 Å². The smallest absolute Gasteiger partial charge is 0.261 e. The van der Waals surface area contributed by atoms with Crippen molar-refractivity contribution >= 4 is 10.0 Å². The van der Waals surface area contributed by atoms with Gasteiger partial charge in [-0.1, -0.05) is 0 Å². The molecular formula is C11H15FN2O3S. The van der Waals surface area contributed by atoms with Gasteiger partial charge in [0, 0.05) is 26.0 Å². The molecule has 1 aliphatic rings. The van der Waals surface area contributed by atoms with Crippen LogP contribution in [0.25, 0.3) is 0 Å². The highest BCUT2D eigenvalue weighted by molar-refractivity contribution is 7.89. The van der Waals surface area contributed by atoms with Gasteiger partial charge in [-0.05, 0) is 30.9 Å². The molecule has 1 aromatic heterocycles. The summed E-state index contributed by atoms with van der Waals surface area (Å²) >= 11 is 0. The Kier molecular flexibility index (Phi) is 4.26. The van der Waals surface area contributed by atoms with Crippen LogP contribution in [0.2, 0.25) is 0 Å². The Morgan fingerprint density at radius 1 is 1.44 bits per heavy atom. The summed E-state index contributed by atoms with van der Waals surface area (Å²) in [6.45, 7) is 1.58. The predicted octanol–water partition coefficient (Wildman–Crippen LogP) is 0.926. The largest absolute Gasteiger partial charge is 0.381 e. The molecule has 2 rings (SSSR count). The van der Waals surface area contributed by atoms with E-state index in [1.165, 1.54) is 12.3 Å². The van der Waals surface area contributed by atoms with Crippen molar-refractivity contribution < 1.29 is 17.5 Å². The van der Waals surface area contributed by atoms with Crippen LogP contribution < -0.4 is 4.72 Å². The average Bonchev–Trinajstić information content (AvgIpc) is 2.38. The summed E-state index contributed by atoms with van der Waals surface area (Å²) in [6, 6.07) is 2.43. The maximum atomic E-state index is 13.3. The second-order valence-electron chi connectivity index (χ2n) is 4.20. The zero-order valence-electron chi connectivity index (χ0n) is 9.80. The second-order valence-corrected chi connectivity index (χ2v) is 5.88. The Morgan fingerprint density at radius 3 is 2.83 bits per heavy atom. The monoisotopic (exact) mass is 274 g/mol. The van der Waals surface area contributed by atoms with Gasteiger partial charge in [-0.2, -0.15) is 0 Å². The lowest BCUT2D eigenvalue weighted by atomic mass is 10.0. The van der Waals surface area contributed by atoms with E-state index in [9.17, 15) is 12.8 Å². The summed E-state index contributed by atoms with van der Waals surface area (Å²) in [4.78, 5) is 3.56. The van der Waals surface area contributed by atoms with E-state index in [-0.39, 0.29) is 5.92 Å². The number of aromatic nitrogens is 1. The lowest BCUT2D eigenvalue weighted by molar-refractivity contribution is 0.0678. The van der Waals surface area contributed by atoms with Crippen molar-refractivity contribution in [3.05, 3.63) is 24.1 Å². The molecule has 1 N–H and O–H groups in total. The van der Waals surface area contributed by atoms with Gasteiger partial charge in [0.05, 0.1) is 0 Å². The third-order valence-electron chi connectivity index (χ3n) is 2.88. The van der Waals surface area contributed by atoms with Crippen LogP contribution in [0.1, 0.15) is 12.8 Å². The maximum absolute atomic E-state index is 13.3. The van der Waals surface area contributed by atoms with Gasteiger partial charge in [0.2, 0.25) is 5.03 Å². The Bertz CT molecular complexity index is 501. The third-order valence-corrected chi connectivity index (χ3v) is 4.24. The molecule has 0 aromatic carbocycles.